The summed E-state index contributed by atoms with van der Waals surface area (Å²) >= 11 is 1.39. The Hall–Kier alpha value is -3.13. The fourth-order valence-corrected chi connectivity index (χ4v) is 4.82. The van der Waals surface area contributed by atoms with Crippen LogP contribution in [0.2, 0.25) is 0 Å². The minimum Gasteiger partial charge on any atom is -0.366 e. The number of para-hydroxylation sites is 1. The van der Waals surface area contributed by atoms with Crippen LogP contribution in [0.3, 0.4) is 0 Å². The fourth-order valence-electron chi connectivity index (χ4n) is 4.16. The van der Waals surface area contributed by atoms with Gasteiger partial charge in [-0.3, -0.25) is 4.79 Å². The topological polar surface area (TPSA) is 61.4 Å². The van der Waals surface area contributed by atoms with E-state index >= 15 is 0 Å². The number of benzene rings is 2. The van der Waals surface area contributed by atoms with Gasteiger partial charge in [0, 0.05) is 37.9 Å². The molecular formula is C25H28FN5OS. The molecule has 1 saturated heterocycles. The highest BCUT2D eigenvalue weighted by molar-refractivity contribution is 7.99. The van der Waals surface area contributed by atoms with Gasteiger partial charge in [-0.2, -0.15) is 0 Å². The average Bonchev–Trinajstić information content (AvgIpc) is 2.81. The van der Waals surface area contributed by atoms with Crippen molar-refractivity contribution in [3.63, 3.8) is 0 Å². The smallest absolute Gasteiger partial charge is 0.234 e. The molecular weight excluding hydrogens is 437 g/mol. The maximum atomic E-state index is 14.1. The Bertz CT molecular complexity index is 1120. The number of thioether (sulfide) groups is 1. The lowest BCUT2D eigenvalue weighted by atomic mass is 10.1. The Kier molecular flexibility index (Phi) is 7.13. The molecule has 3 aromatic rings. The van der Waals surface area contributed by atoms with E-state index in [0.29, 0.717) is 18.8 Å². The zero-order valence-corrected chi connectivity index (χ0v) is 20.0. The summed E-state index contributed by atoms with van der Waals surface area (Å²) in [7, 11) is 0. The van der Waals surface area contributed by atoms with Crippen molar-refractivity contribution < 1.29 is 9.18 Å². The van der Waals surface area contributed by atoms with Crippen LogP contribution in [0, 0.1) is 26.6 Å². The maximum Gasteiger partial charge on any atom is 0.234 e. The molecule has 0 saturated carbocycles. The van der Waals surface area contributed by atoms with Gasteiger partial charge in [0.15, 0.2) is 0 Å². The minimum atomic E-state index is -0.194. The number of aryl methyl sites for hydroxylation is 3. The van der Waals surface area contributed by atoms with Crippen molar-refractivity contribution in [3.8, 4) is 0 Å². The predicted octanol–water partition coefficient (Wildman–Crippen LogP) is 4.60. The molecule has 6 nitrogen and oxygen atoms in total. The third-order valence-corrected chi connectivity index (χ3v) is 6.64. The summed E-state index contributed by atoms with van der Waals surface area (Å²) in [6, 6.07) is 12.9. The Morgan fingerprint density at radius 2 is 1.67 bits per heavy atom. The molecule has 33 heavy (non-hydrogen) atoms. The van der Waals surface area contributed by atoms with Crippen molar-refractivity contribution in [2.75, 3.05) is 47.0 Å². The van der Waals surface area contributed by atoms with Gasteiger partial charge in [-0.15, -0.1) is 0 Å². The number of rotatable bonds is 6. The van der Waals surface area contributed by atoms with Crippen LogP contribution in [0.25, 0.3) is 0 Å². The van der Waals surface area contributed by atoms with Crippen LogP contribution in [-0.4, -0.2) is 47.8 Å². The molecule has 0 bridgehead atoms. The predicted molar refractivity (Wildman–Crippen MR) is 133 cm³/mol. The third-order valence-electron chi connectivity index (χ3n) is 5.72. The van der Waals surface area contributed by atoms with Gasteiger partial charge >= 0.3 is 0 Å². The molecule has 0 unspecified atom stereocenters. The second-order valence-corrected chi connectivity index (χ2v) is 9.25. The van der Waals surface area contributed by atoms with Crippen molar-refractivity contribution in [1.29, 1.82) is 0 Å². The molecule has 1 aliphatic heterocycles. The van der Waals surface area contributed by atoms with Crippen LogP contribution >= 0.6 is 11.8 Å². The van der Waals surface area contributed by atoms with E-state index in [1.807, 2.05) is 39.0 Å². The van der Waals surface area contributed by atoms with E-state index < -0.39 is 0 Å². The average molecular weight is 466 g/mol. The van der Waals surface area contributed by atoms with Gasteiger partial charge in [-0.1, -0.05) is 41.6 Å². The number of aromatic nitrogens is 2. The van der Waals surface area contributed by atoms with E-state index in [4.69, 9.17) is 0 Å². The number of hydrogen-bond acceptors (Lipinski definition) is 6. The number of carbonyl (C=O) groups excluding carboxylic acids is 1. The number of anilines is 3. The van der Waals surface area contributed by atoms with Gasteiger partial charge in [0.1, 0.15) is 23.0 Å². The van der Waals surface area contributed by atoms with Crippen molar-refractivity contribution in [1.82, 2.24) is 9.97 Å². The highest BCUT2D eigenvalue weighted by atomic mass is 32.2. The molecule has 172 valence electrons. The minimum absolute atomic E-state index is 0.0614. The molecule has 0 atom stereocenters. The number of amides is 1. The summed E-state index contributed by atoms with van der Waals surface area (Å²) in [6.07, 6.45) is 1.53. The molecule has 0 radical (unpaired) electrons. The first-order chi connectivity index (χ1) is 15.9. The number of nitrogens with zero attached hydrogens (tertiary/aromatic N) is 4. The van der Waals surface area contributed by atoms with Gasteiger partial charge in [0.05, 0.1) is 11.4 Å². The molecule has 4 rings (SSSR count). The highest BCUT2D eigenvalue weighted by Gasteiger charge is 2.20. The van der Waals surface area contributed by atoms with Crippen molar-refractivity contribution in [3.05, 3.63) is 71.3 Å². The molecule has 1 aromatic heterocycles. The molecule has 2 heterocycles. The number of piperazine rings is 1. The van der Waals surface area contributed by atoms with E-state index in [2.05, 4.69) is 37.2 Å². The largest absolute Gasteiger partial charge is 0.366 e. The Balaban J connectivity index is 1.33. The van der Waals surface area contributed by atoms with Gasteiger partial charge in [-0.25, -0.2) is 14.4 Å². The zero-order valence-electron chi connectivity index (χ0n) is 19.1. The van der Waals surface area contributed by atoms with Gasteiger partial charge in [0.25, 0.3) is 0 Å². The lowest BCUT2D eigenvalue weighted by Gasteiger charge is -2.36. The van der Waals surface area contributed by atoms with Crippen LogP contribution < -0.4 is 15.1 Å². The summed E-state index contributed by atoms with van der Waals surface area (Å²) < 4.78 is 14.1. The number of halogens is 1. The van der Waals surface area contributed by atoms with E-state index in [1.165, 1.54) is 29.7 Å². The normalized spacial score (nSPS) is 13.8. The van der Waals surface area contributed by atoms with E-state index in [9.17, 15) is 9.18 Å². The summed E-state index contributed by atoms with van der Waals surface area (Å²) in [5, 5.41) is 3.78. The molecule has 0 aliphatic carbocycles. The summed E-state index contributed by atoms with van der Waals surface area (Å²) in [5.74, 6) is 0.839. The first-order valence-corrected chi connectivity index (χ1v) is 12.0. The second-order valence-electron chi connectivity index (χ2n) is 8.25. The highest BCUT2D eigenvalue weighted by Crippen LogP contribution is 2.25. The SMILES string of the molecule is Cc1cc(C)c(NC(=O)CSc2cc(N3CCN(c4ccccc4F)CC3)ncn2)c(C)c1. The molecule has 1 aliphatic rings. The molecule has 1 N–H and O–H groups in total. The lowest BCUT2D eigenvalue weighted by Crippen LogP contribution is -2.47. The summed E-state index contributed by atoms with van der Waals surface area (Å²) in [6.45, 7) is 8.96. The first kappa shape index (κ1) is 23.0. The molecule has 8 heteroatoms. The van der Waals surface area contributed by atoms with E-state index in [0.717, 1.165) is 40.7 Å². The van der Waals surface area contributed by atoms with E-state index in [1.54, 1.807) is 6.07 Å². The van der Waals surface area contributed by atoms with Crippen molar-refractivity contribution >= 4 is 34.9 Å². The van der Waals surface area contributed by atoms with Crippen molar-refractivity contribution in [2.45, 2.75) is 25.8 Å². The van der Waals surface area contributed by atoms with Crippen LogP contribution in [0.5, 0.6) is 0 Å². The monoisotopic (exact) mass is 465 g/mol. The Morgan fingerprint density at radius 3 is 2.36 bits per heavy atom. The fraction of sp³-hybridized carbons (Fsp3) is 0.320. The van der Waals surface area contributed by atoms with Crippen molar-refractivity contribution in [2.24, 2.45) is 0 Å². The third kappa shape index (κ3) is 5.63. The maximum absolute atomic E-state index is 14.1. The van der Waals surface area contributed by atoms with Crippen LogP contribution in [0.4, 0.5) is 21.6 Å². The lowest BCUT2D eigenvalue weighted by molar-refractivity contribution is -0.113. The Labute approximate surface area is 198 Å². The quantitative estimate of drug-likeness (QED) is 0.424. The standard InChI is InChI=1S/C25H28FN5OS/c1-17-12-18(2)25(19(3)13-17)29-23(32)15-33-24-14-22(27-16-28-24)31-10-8-30(9-11-31)21-7-5-4-6-20(21)26/h4-7,12-14,16H,8-11,15H2,1-3H3,(H,29,32). The zero-order chi connectivity index (χ0) is 23.4. The van der Waals surface area contributed by atoms with Crippen LogP contribution in [0.1, 0.15) is 16.7 Å². The molecule has 1 amide bonds. The number of hydrogen-bond donors (Lipinski definition) is 1. The number of carbonyl (C=O) groups is 1. The molecule has 0 spiro atoms. The first-order valence-electron chi connectivity index (χ1n) is 11.0. The van der Waals surface area contributed by atoms with Gasteiger partial charge in [-0.05, 0) is 44.0 Å². The Morgan fingerprint density at radius 1 is 1.00 bits per heavy atom. The summed E-state index contributed by atoms with van der Waals surface area (Å²) in [4.78, 5) is 25.5. The summed E-state index contributed by atoms with van der Waals surface area (Å²) in [5.41, 5.74) is 4.82. The van der Waals surface area contributed by atoms with Gasteiger partial charge < -0.3 is 15.1 Å². The second kappa shape index (κ2) is 10.2. The number of nitrogens with one attached hydrogen (secondary N) is 1. The van der Waals surface area contributed by atoms with E-state index in [-0.39, 0.29) is 17.5 Å². The van der Waals surface area contributed by atoms with Crippen LogP contribution in [-0.2, 0) is 4.79 Å². The molecule has 2 aromatic carbocycles. The molecule has 1 fully saturated rings. The van der Waals surface area contributed by atoms with Gasteiger partial charge in [0.2, 0.25) is 5.91 Å². The van der Waals surface area contributed by atoms with Crippen LogP contribution in [0.15, 0.2) is 53.8 Å².